The Morgan fingerprint density at radius 2 is 1.67 bits per heavy atom. The van der Waals surface area contributed by atoms with E-state index in [1.165, 1.54) is 13.1 Å². The number of quaternary nitrogens is 1. The minimum atomic E-state index is -0.0926. The van der Waals surface area contributed by atoms with E-state index < -0.39 is 0 Å². The van der Waals surface area contributed by atoms with Gasteiger partial charge in [0.15, 0.2) is 0 Å². The van der Waals surface area contributed by atoms with Crippen molar-refractivity contribution >= 4 is 14.1 Å². The van der Waals surface area contributed by atoms with Crippen LogP contribution in [0.1, 0.15) is 12.8 Å². The van der Waals surface area contributed by atoms with Crippen molar-refractivity contribution < 1.29 is 3.50 Å². The van der Waals surface area contributed by atoms with Gasteiger partial charge in [0.05, 0.1) is 0 Å². The van der Waals surface area contributed by atoms with Crippen molar-refractivity contribution in [3.05, 3.63) is 0 Å². The van der Waals surface area contributed by atoms with E-state index in [9.17, 15) is 0 Å². The Morgan fingerprint density at radius 3 is 2.11 bits per heavy atom. The Bertz CT molecular complexity index is 114. The first-order valence-corrected chi connectivity index (χ1v) is 7.03. The molecule has 1 radical (unpaired) electrons. The molecular weight excluding hydrogens is 177 g/mol. The zero-order chi connectivity index (χ0) is 6.32. The fourth-order valence-electron chi connectivity index (χ4n) is 2.04. The molecule has 0 unspecified atom stereocenters. The van der Waals surface area contributed by atoms with Crippen LogP contribution in [0.3, 0.4) is 0 Å². The van der Waals surface area contributed by atoms with Crippen LogP contribution in [-0.2, 0) is 0 Å². The van der Waals surface area contributed by atoms with Crippen molar-refractivity contribution in [1.29, 1.82) is 0 Å². The minimum absolute atomic E-state index is 0.0926. The summed E-state index contributed by atoms with van der Waals surface area (Å²) in [7, 11) is 2.49. The van der Waals surface area contributed by atoms with E-state index in [1.807, 2.05) is 0 Å². The first kappa shape index (κ1) is 6.21. The van der Waals surface area contributed by atoms with Gasteiger partial charge in [-0.2, -0.15) is 0 Å². The molecule has 0 aliphatic carbocycles. The van der Waals surface area contributed by atoms with Gasteiger partial charge in [-0.3, -0.25) is 0 Å². The molecule has 0 atom stereocenters. The predicted molar refractivity (Wildman–Crippen MR) is 40.5 cm³/mol. The van der Waals surface area contributed by atoms with Gasteiger partial charge in [0.1, 0.15) is 0 Å². The second-order valence-corrected chi connectivity index (χ2v) is 8.82. The molecule has 1 nitrogen and oxygen atoms in total. The summed E-state index contributed by atoms with van der Waals surface area (Å²) in [6.45, 7) is 3.04. The third kappa shape index (κ3) is 0.849. The maximum atomic E-state index is 2.49. The van der Waals surface area contributed by atoms with E-state index in [0.717, 1.165) is 0 Å². The second kappa shape index (κ2) is 1.98. The van der Waals surface area contributed by atoms with Gasteiger partial charge in [0.2, 0.25) is 0 Å². The zero-order valence-electron chi connectivity index (χ0n) is 6.10. The summed E-state index contributed by atoms with van der Waals surface area (Å²) in [5, 5.41) is 3.27. The van der Waals surface area contributed by atoms with Crippen LogP contribution in [0, 0.1) is 0 Å². The van der Waals surface area contributed by atoms with Crippen molar-refractivity contribution in [1.82, 2.24) is 0 Å². The number of hydrogen-bond acceptors (Lipinski definition) is 0. The fraction of sp³-hybridized carbons (Fsp3) is 1.00. The van der Waals surface area contributed by atoms with Crippen LogP contribution in [0.15, 0.2) is 0 Å². The summed E-state index contributed by atoms with van der Waals surface area (Å²) in [5.74, 6) is 0. The molecular formula is C7H15NSe+. The summed E-state index contributed by atoms with van der Waals surface area (Å²) >= 11 is -0.0926. The van der Waals surface area contributed by atoms with E-state index in [2.05, 4.69) is 7.05 Å². The van der Waals surface area contributed by atoms with Crippen LogP contribution in [0.25, 0.3) is 0 Å². The van der Waals surface area contributed by atoms with Crippen LogP contribution < -0.4 is 0 Å². The van der Waals surface area contributed by atoms with Crippen LogP contribution in [0.2, 0.25) is 10.6 Å². The standard InChI is InChI=1S/C7H15NSe/c1-8-4-2-6-9(8)7-3-5-8/h2-7H2,1H3/q+1. The molecule has 0 aromatic carbocycles. The Hall–Kier alpha value is 0.479. The van der Waals surface area contributed by atoms with Crippen LogP contribution >= 0.6 is 0 Å². The first-order chi connectivity index (χ1) is 4.31. The fourth-order valence-corrected chi connectivity index (χ4v) is 7.89. The van der Waals surface area contributed by atoms with Crippen LogP contribution in [0.4, 0.5) is 0 Å². The maximum absolute atomic E-state index is 2.49. The summed E-state index contributed by atoms with van der Waals surface area (Å²) in [6, 6.07) is 0. The van der Waals surface area contributed by atoms with Crippen molar-refractivity contribution in [3.63, 3.8) is 0 Å². The van der Waals surface area contributed by atoms with Gasteiger partial charge in [0, 0.05) is 0 Å². The van der Waals surface area contributed by atoms with Crippen LogP contribution in [0.5, 0.6) is 0 Å². The molecule has 9 heavy (non-hydrogen) atoms. The van der Waals surface area contributed by atoms with E-state index in [4.69, 9.17) is 0 Å². The van der Waals surface area contributed by atoms with E-state index in [-0.39, 0.29) is 14.1 Å². The molecule has 2 rings (SSSR count). The molecule has 0 bridgehead atoms. The number of nitrogens with zero attached hydrogens (tertiary/aromatic N) is 1. The van der Waals surface area contributed by atoms with Gasteiger partial charge in [-0.15, -0.1) is 0 Å². The van der Waals surface area contributed by atoms with Gasteiger partial charge >= 0.3 is 61.2 Å². The van der Waals surface area contributed by atoms with Gasteiger partial charge < -0.3 is 0 Å². The molecule has 2 fully saturated rings. The molecule has 2 heteroatoms. The zero-order valence-corrected chi connectivity index (χ0v) is 7.81. The van der Waals surface area contributed by atoms with Crippen molar-refractivity contribution in [3.8, 4) is 0 Å². The molecule has 0 amide bonds. The number of hydrogen-bond donors (Lipinski definition) is 0. The monoisotopic (exact) mass is 193 g/mol. The van der Waals surface area contributed by atoms with Gasteiger partial charge in [-0.25, -0.2) is 0 Å². The molecule has 2 saturated heterocycles. The van der Waals surface area contributed by atoms with E-state index >= 15 is 0 Å². The summed E-state index contributed by atoms with van der Waals surface area (Å²) in [6.07, 6.45) is 3.09. The van der Waals surface area contributed by atoms with Crippen LogP contribution in [-0.4, -0.2) is 37.8 Å². The molecule has 2 aliphatic rings. The van der Waals surface area contributed by atoms with Gasteiger partial charge in [-0.1, -0.05) is 0 Å². The SMILES string of the molecule is C[N+]12CCC[Se]1CCC2. The quantitative estimate of drug-likeness (QED) is 0.506. The number of rotatable bonds is 0. The van der Waals surface area contributed by atoms with Gasteiger partial charge in [-0.05, 0) is 0 Å². The number of fused-ring (bicyclic) bond motifs is 1. The average molecular weight is 192 g/mol. The predicted octanol–water partition coefficient (Wildman–Crippen LogP) is 1.23. The molecule has 0 N–H and O–H groups in total. The Kier molecular flexibility index (Phi) is 1.37. The Balaban J connectivity index is 2.17. The summed E-state index contributed by atoms with van der Waals surface area (Å²) in [4.78, 5) is 0. The summed E-state index contributed by atoms with van der Waals surface area (Å²) in [5.41, 5.74) is 0. The summed E-state index contributed by atoms with van der Waals surface area (Å²) < 4.78 is 1.54. The van der Waals surface area contributed by atoms with E-state index in [1.54, 1.807) is 27.0 Å². The first-order valence-electron chi connectivity index (χ1n) is 3.84. The third-order valence-electron chi connectivity index (χ3n) is 2.65. The average Bonchev–Trinajstić information content (AvgIpc) is 2.22. The van der Waals surface area contributed by atoms with Gasteiger partial charge in [0.25, 0.3) is 0 Å². The molecule has 0 aromatic rings. The second-order valence-electron chi connectivity index (χ2n) is 3.32. The molecule has 2 aliphatic heterocycles. The molecule has 53 valence electrons. The van der Waals surface area contributed by atoms with Crippen molar-refractivity contribution in [2.45, 2.75) is 23.5 Å². The van der Waals surface area contributed by atoms with Crippen molar-refractivity contribution in [2.24, 2.45) is 0 Å². The van der Waals surface area contributed by atoms with Crippen molar-refractivity contribution in [2.75, 3.05) is 20.1 Å². The third-order valence-corrected chi connectivity index (χ3v) is 9.22. The Labute approximate surface area is 61.7 Å². The molecule has 0 saturated carbocycles. The molecule has 2 heterocycles. The normalized spacial score (nSPS) is 33.0. The molecule has 0 aromatic heterocycles. The van der Waals surface area contributed by atoms with E-state index in [0.29, 0.717) is 0 Å². The topological polar surface area (TPSA) is 0 Å². The molecule has 0 spiro atoms. The Morgan fingerprint density at radius 1 is 1.11 bits per heavy atom.